The number of aryl methyl sites for hydroxylation is 3. The van der Waals surface area contributed by atoms with Crippen molar-refractivity contribution < 1.29 is 4.79 Å². The van der Waals surface area contributed by atoms with E-state index in [0.717, 1.165) is 24.2 Å². The fraction of sp³-hybridized carbons (Fsp3) is 0.348. The summed E-state index contributed by atoms with van der Waals surface area (Å²) in [7, 11) is 0. The molecule has 130 valence electrons. The standard InChI is InChI=1S/C23H27NO/c1-17-15-18(2)22(19(3)16-17)11-12-23(25)20-7-9-21(10-8-20)24-13-5-4-6-14-24/h7-12,15-16H,4-6,13-14H2,1-3H3/b12-11+. The molecule has 2 nitrogen and oxygen atoms in total. The molecule has 0 bridgehead atoms. The van der Waals surface area contributed by atoms with Gasteiger partial charge in [0, 0.05) is 24.3 Å². The SMILES string of the molecule is Cc1cc(C)c(/C=C/C(=O)c2ccc(N3CCCCC3)cc2)c(C)c1. The van der Waals surface area contributed by atoms with Gasteiger partial charge in [-0.2, -0.15) is 0 Å². The van der Waals surface area contributed by atoms with Crippen LogP contribution in [0.25, 0.3) is 6.08 Å². The van der Waals surface area contributed by atoms with E-state index >= 15 is 0 Å². The van der Waals surface area contributed by atoms with Crippen molar-refractivity contribution in [3.8, 4) is 0 Å². The summed E-state index contributed by atoms with van der Waals surface area (Å²) >= 11 is 0. The first-order chi connectivity index (χ1) is 12.0. The third kappa shape index (κ3) is 4.19. The van der Waals surface area contributed by atoms with Gasteiger partial charge in [-0.3, -0.25) is 4.79 Å². The first kappa shape index (κ1) is 17.5. The molecule has 1 fully saturated rings. The van der Waals surface area contributed by atoms with E-state index in [1.807, 2.05) is 18.2 Å². The smallest absolute Gasteiger partial charge is 0.185 e. The molecule has 0 unspecified atom stereocenters. The third-order valence-corrected chi connectivity index (χ3v) is 5.01. The Balaban J connectivity index is 1.73. The number of ketones is 1. The Kier molecular flexibility index (Phi) is 5.37. The number of carbonyl (C=O) groups excluding carboxylic acids is 1. The van der Waals surface area contributed by atoms with Crippen LogP contribution in [-0.2, 0) is 0 Å². The number of benzene rings is 2. The molecule has 0 saturated carbocycles. The van der Waals surface area contributed by atoms with Gasteiger partial charge in [0.05, 0.1) is 0 Å². The van der Waals surface area contributed by atoms with E-state index < -0.39 is 0 Å². The summed E-state index contributed by atoms with van der Waals surface area (Å²) in [5.74, 6) is 0.0598. The fourth-order valence-corrected chi connectivity index (χ4v) is 3.70. The molecular formula is C23H27NO. The Morgan fingerprint density at radius 3 is 2.12 bits per heavy atom. The molecule has 0 aliphatic carbocycles. The number of carbonyl (C=O) groups is 1. The first-order valence-electron chi connectivity index (χ1n) is 9.20. The number of nitrogens with zero attached hydrogens (tertiary/aromatic N) is 1. The lowest BCUT2D eigenvalue weighted by Crippen LogP contribution is -2.29. The highest BCUT2D eigenvalue weighted by molar-refractivity contribution is 6.07. The summed E-state index contributed by atoms with van der Waals surface area (Å²) in [4.78, 5) is 14.9. The molecule has 0 aromatic heterocycles. The second-order valence-corrected chi connectivity index (χ2v) is 7.10. The first-order valence-corrected chi connectivity index (χ1v) is 9.20. The average Bonchev–Trinajstić information content (AvgIpc) is 2.61. The topological polar surface area (TPSA) is 20.3 Å². The van der Waals surface area contributed by atoms with E-state index in [0.29, 0.717) is 0 Å². The van der Waals surface area contributed by atoms with Crippen LogP contribution in [0, 0.1) is 20.8 Å². The van der Waals surface area contributed by atoms with E-state index in [1.165, 1.54) is 41.6 Å². The van der Waals surface area contributed by atoms with Gasteiger partial charge in [0.2, 0.25) is 0 Å². The zero-order chi connectivity index (χ0) is 17.8. The number of rotatable bonds is 4. The van der Waals surface area contributed by atoms with Gasteiger partial charge in [0.25, 0.3) is 0 Å². The molecule has 3 rings (SSSR count). The van der Waals surface area contributed by atoms with E-state index in [9.17, 15) is 4.79 Å². The second-order valence-electron chi connectivity index (χ2n) is 7.10. The Bertz CT molecular complexity index is 757. The maximum Gasteiger partial charge on any atom is 0.185 e. The molecule has 1 aliphatic rings. The average molecular weight is 333 g/mol. The minimum Gasteiger partial charge on any atom is -0.372 e. The summed E-state index contributed by atoms with van der Waals surface area (Å²) in [6.07, 6.45) is 7.50. The van der Waals surface area contributed by atoms with Gasteiger partial charge in [-0.1, -0.05) is 23.8 Å². The summed E-state index contributed by atoms with van der Waals surface area (Å²) in [6, 6.07) is 12.4. The van der Waals surface area contributed by atoms with Crippen molar-refractivity contribution in [2.24, 2.45) is 0 Å². The highest BCUT2D eigenvalue weighted by atomic mass is 16.1. The summed E-state index contributed by atoms with van der Waals surface area (Å²) in [6.45, 7) is 8.54. The molecule has 0 radical (unpaired) electrons. The quantitative estimate of drug-likeness (QED) is 0.544. The lowest BCUT2D eigenvalue weighted by molar-refractivity contribution is 0.104. The van der Waals surface area contributed by atoms with E-state index in [-0.39, 0.29) is 5.78 Å². The van der Waals surface area contributed by atoms with Crippen LogP contribution in [0.4, 0.5) is 5.69 Å². The number of piperidine rings is 1. The second kappa shape index (κ2) is 7.69. The van der Waals surface area contributed by atoms with Gasteiger partial charge in [-0.15, -0.1) is 0 Å². The van der Waals surface area contributed by atoms with Crippen LogP contribution in [0.2, 0.25) is 0 Å². The lowest BCUT2D eigenvalue weighted by atomic mass is 9.98. The maximum absolute atomic E-state index is 12.5. The minimum atomic E-state index is 0.0598. The van der Waals surface area contributed by atoms with Crippen LogP contribution in [0.1, 0.15) is 51.9 Å². The predicted octanol–water partition coefficient (Wildman–Crippen LogP) is 5.50. The van der Waals surface area contributed by atoms with Crippen molar-refractivity contribution in [2.45, 2.75) is 40.0 Å². The molecule has 25 heavy (non-hydrogen) atoms. The van der Waals surface area contributed by atoms with E-state index in [1.54, 1.807) is 6.08 Å². The molecule has 1 heterocycles. The number of hydrogen-bond donors (Lipinski definition) is 0. The van der Waals surface area contributed by atoms with Crippen molar-refractivity contribution in [1.29, 1.82) is 0 Å². The molecule has 0 amide bonds. The maximum atomic E-state index is 12.5. The fourth-order valence-electron chi connectivity index (χ4n) is 3.70. The largest absolute Gasteiger partial charge is 0.372 e. The molecule has 0 spiro atoms. The molecular weight excluding hydrogens is 306 g/mol. The molecule has 0 N–H and O–H groups in total. The monoisotopic (exact) mass is 333 g/mol. The van der Waals surface area contributed by atoms with Gasteiger partial charge in [-0.25, -0.2) is 0 Å². The van der Waals surface area contributed by atoms with Crippen molar-refractivity contribution in [3.05, 3.63) is 70.3 Å². The Hall–Kier alpha value is -2.35. The van der Waals surface area contributed by atoms with Crippen LogP contribution in [0.15, 0.2) is 42.5 Å². The molecule has 1 saturated heterocycles. The zero-order valence-electron chi connectivity index (χ0n) is 15.5. The minimum absolute atomic E-state index is 0.0598. The Morgan fingerprint density at radius 2 is 1.52 bits per heavy atom. The summed E-state index contributed by atoms with van der Waals surface area (Å²) in [5.41, 5.74) is 6.80. The number of anilines is 1. The van der Waals surface area contributed by atoms with Gasteiger partial charge in [0.15, 0.2) is 5.78 Å². The summed E-state index contributed by atoms with van der Waals surface area (Å²) in [5, 5.41) is 0. The van der Waals surface area contributed by atoms with Crippen molar-refractivity contribution in [1.82, 2.24) is 0 Å². The zero-order valence-corrected chi connectivity index (χ0v) is 15.5. The van der Waals surface area contributed by atoms with Gasteiger partial charge in [-0.05, 0) is 87.1 Å². The highest BCUT2D eigenvalue weighted by Crippen LogP contribution is 2.21. The predicted molar refractivity (Wildman–Crippen MR) is 107 cm³/mol. The van der Waals surface area contributed by atoms with E-state index in [4.69, 9.17) is 0 Å². The molecule has 1 aliphatic heterocycles. The third-order valence-electron chi connectivity index (χ3n) is 5.01. The Morgan fingerprint density at radius 1 is 0.920 bits per heavy atom. The lowest BCUT2D eigenvalue weighted by Gasteiger charge is -2.28. The van der Waals surface area contributed by atoms with Crippen LogP contribution in [0.5, 0.6) is 0 Å². The number of allylic oxidation sites excluding steroid dienone is 1. The van der Waals surface area contributed by atoms with Crippen LogP contribution < -0.4 is 4.90 Å². The van der Waals surface area contributed by atoms with Crippen molar-refractivity contribution >= 4 is 17.5 Å². The van der Waals surface area contributed by atoms with Gasteiger partial charge < -0.3 is 4.90 Å². The van der Waals surface area contributed by atoms with Crippen LogP contribution in [-0.4, -0.2) is 18.9 Å². The molecule has 2 heteroatoms. The Labute approximate surface area is 151 Å². The summed E-state index contributed by atoms with van der Waals surface area (Å²) < 4.78 is 0. The van der Waals surface area contributed by atoms with Crippen molar-refractivity contribution in [3.63, 3.8) is 0 Å². The van der Waals surface area contributed by atoms with Crippen molar-refractivity contribution in [2.75, 3.05) is 18.0 Å². The molecule has 2 aromatic rings. The number of hydrogen-bond acceptors (Lipinski definition) is 2. The van der Waals surface area contributed by atoms with Crippen LogP contribution in [0.3, 0.4) is 0 Å². The van der Waals surface area contributed by atoms with Gasteiger partial charge >= 0.3 is 0 Å². The highest BCUT2D eigenvalue weighted by Gasteiger charge is 2.11. The molecule has 0 atom stereocenters. The van der Waals surface area contributed by atoms with Gasteiger partial charge in [0.1, 0.15) is 0 Å². The van der Waals surface area contributed by atoms with Crippen LogP contribution >= 0.6 is 0 Å². The van der Waals surface area contributed by atoms with E-state index in [2.05, 4.69) is 49.9 Å². The molecule has 2 aromatic carbocycles. The normalized spacial score (nSPS) is 14.9.